The van der Waals surface area contributed by atoms with E-state index in [1.807, 2.05) is 0 Å². The molecular formula is C20H22O8S. The standard InChI is InChI=1S/C20H22O8S/c1-5-25-17(21)12-11-9-10-29-16(11)15(20(24)28-8-4)14(19(23)27-7-3)13(12)18(22)26-6-2/h9-10H,5-8H2,1-4H3. The molecule has 0 aliphatic heterocycles. The minimum Gasteiger partial charge on any atom is -0.462 e. The summed E-state index contributed by atoms with van der Waals surface area (Å²) in [4.78, 5) is 51.1. The van der Waals surface area contributed by atoms with E-state index in [0.29, 0.717) is 10.1 Å². The Hall–Kier alpha value is -2.94. The first-order chi connectivity index (χ1) is 13.9. The number of ether oxygens (including phenoxy) is 4. The summed E-state index contributed by atoms with van der Waals surface area (Å²) in [7, 11) is 0. The predicted molar refractivity (Wildman–Crippen MR) is 106 cm³/mol. The van der Waals surface area contributed by atoms with Gasteiger partial charge >= 0.3 is 23.9 Å². The van der Waals surface area contributed by atoms with Crippen molar-refractivity contribution in [3.8, 4) is 0 Å². The number of fused-ring (bicyclic) bond motifs is 1. The van der Waals surface area contributed by atoms with Gasteiger partial charge in [0.1, 0.15) is 0 Å². The van der Waals surface area contributed by atoms with Crippen LogP contribution < -0.4 is 0 Å². The lowest BCUT2D eigenvalue weighted by atomic mass is 9.92. The third-order valence-corrected chi connectivity index (χ3v) is 4.76. The SMILES string of the molecule is CCOC(=O)c1c(C(=O)OCC)c(C(=O)OCC)c2sccc2c1C(=O)OCC. The van der Waals surface area contributed by atoms with E-state index in [1.54, 1.807) is 39.1 Å². The maximum Gasteiger partial charge on any atom is 0.340 e. The van der Waals surface area contributed by atoms with E-state index in [0.717, 1.165) is 11.3 Å². The number of esters is 4. The monoisotopic (exact) mass is 422 g/mol. The van der Waals surface area contributed by atoms with Crippen LogP contribution in [0.15, 0.2) is 11.4 Å². The maximum absolute atomic E-state index is 12.8. The predicted octanol–water partition coefficient (Wildman–Crippen LogP) is 3.61. The minimum atomic E-state index is -0.933. The molecule has 0 fully saturated rings. The van der Waals surface area contributed by atoms with Gasteiger partial charge in [-0.1, -0.05) is 0 Å². The highest BCUT2D eigenvalue weighted by molar-refractivity contribution is 7.17. The molecule has 0 amide bonds. The van der Waals surface area contributed by atoms with Crippen molar-refractivity contribution in [1.29, 1.82) is 0 Å². The molecule has 0 saturated carbocycles. The summed E-state index contributed by atoms with van der Waals surface area (Å²) in [5.41, 5.74) is -0.997. The highest BCUT2D eigenvalue weighted by Crippen LogP contribution is 2.36. The van der Waals surface area contributed by atoms with Crippen molar-refractivity contribution in [3.63, 3.8) is 0 Å². The highest BCUT2D eigenvalue weighted by atomic mass is 32.1. The van der Waals surface area contributed by atoms with Gasteiger partial charge < -0.3 is 18.9 Å². The summed E-state index contributed by atoms with van der Waals surface area (Å²) in [6, 6.07) is 1.58. The number of carbonyl (C=O) groups excluding carboxylic acids is 4. The van der Waals surface area contributed by atoms with Crippen molar-refractivity contribution < 1.29 is 38.1 Å². The van der Waals surface area contributed by atoms with Crippen LogP contribution in [0.25, 0.3) is 10.1 Å². The lowest BCUT2D eigenvalue weighted by Gasteiger charge is -2.17. The van der Waals surface area contributed by atoms with Crippen LogP contribution in [0.1, 0.15) is 69.1 Å². The van der Waals surface area contributed by atoms with Gasteiger partial charge in [-0.2, -0.15) is 0 Å². The van der Waals surface area contributed by atoms with Crippen LogP contribution in [-0.4, -0.2) is 50.3 Å². The Morgan fingerprint density at radius 3 is 1.48 bits per heavy atom. The summed E-state index contributed by atoms with van der Waals surface area (Å²) in [6.45, 7) is 6.52. The van der Waals surface area contributed by atoms with Crippen molar-refractivity contribution in [2.75, 3.05) is 26.4 Å². The van der Waals surface area contributed by atoms with Gasteiger partial charge in [0.25, 0.3) is 0 Å². The first kappa shape index (κ1) is 22.4. The fraction of sp³-hybridized carbons (Fsp3) is 0.400. The Bertz CT molecular complexity index is 870. The molecule has 2 rings (SSSR count). The van der Waals surface area contributed by atoms with Crippen molar-refractivity contribution in [1.82, 2.24) is 0 Å². The Kier molecular flexibility index (Phi) is 7.72. The van der Waals surface area contributed by atoms with Gasteiger partial charge in [-0.3, -0.25) is 0 Å². The molecule has 0 unspecified atom stereocenters. The fourth-order valence-corrected chi connectivity index (χ4v) is 3.77. The second-order valence-corrected chi connectivity index (χ2v) is 6.46. The van der Waals surface area contributed by atoms with Crippen LogP contribution >= 0.6 is 11.3 Å². The van der Waals surface area contributed by atoms with Gasteiger partial charge in [0.2, 0.25) is 0 Å². The molecule has 1 aromatic heterocycles. The number of rotatable bonds is 8. The number of hydrogen-bond donors (Lipinski definition) is 0. The molecule has 1 aromatic carbocycles. The summed E-state index contributed by atoms with van der Waals surface area (Å²) in [6.07, 6.45) is 0. The Morgan fingerprint density at radius 2 is 1.03 bits per heavy atom. The van der Waals surface area contributed by atoms with Crippen molar-refractivity contribution in [2.24, 2.45) is 0 Å². The molecular weight excluding hydrogens is 400 g/mol. The average Bonchev–Trinajstić information content (AvgIpc) is 3.15. The first-order valence-electron chi connectivity index (χ1n) is 9.18. The molecule has 1 heterocycles. The highest BCUT2D eigenvalue weighted by Gasteiger charge is 2.36. The molecule has 0 spiro atoms. The van der Waals surface area contributed by atoms with Gasteiger partial charge in [0.15, 0.2) is 0 Å². The molecule has 2 aromatic rings. The second kappa shape index (κ2) is 10.0. The topological polar surface area (TPSA) is 105 Å². The summed E-state index contributed by atoms with van der Waals surface area (Å²) in [5, 5.41) is 1.94. The number of hydrogen-bond acceptors (Lipinski definition) is 9. The van der Waals surface area contributed by atoms with Gasteiger partial charge in [-0.05, 0) is 39.1 Å². The van der Waals surface area contributed by atoms with Crippen LogP contribution in [0, 0.1) is 0 Å². The molecule has 9 heteroatoms. The maximum atomic E-state index is 12.8. The van der Waals surface area contributed by atoms with Crippen molar-refractivity contribution in [2.45, 2.75) is 27.7 Å². The summed E-state index contributed by atoms with van der Waals surface area (Å²) in [5.74, 6) is -3.47. The van der Waals surface area contributed by atoms with Gasteiger partial charge in [-0.15, -0.1) is 11.3 Å². The van der Waals surface area contributed by atoms with E-state index >= 15 is 0 Å². The zero-order valence-corrected chi connectivity index (χ0v) is 17.5. The third-order valence-electron chi connectivity index (χ3n) is 3.83. The van der Waals surface area contributed by atoms with E-state index in [2.05, 4.69) is 0 Å². The lowest BCUT2D eigenvalue weighted by molar-refractivity contribution is 0.0446. The van der Waals surface area contributed by atoms with E-state index in [9.17, 15) is 19.2 Å². The molecule has 0 saturated heterocycles. The molecule has 156 valence electrons. The number of benzene rings is 1. The van der Waals surface area contributed by atoms with E-state index in [-0.39, 0.29) is 48.7 Å². The van der Waals surface area contributed by atoms with Crippen LogP contribution in [0.3, 0.4) is 0 Å². The zero-order valence-electron chi connectivity index (χ0n) is 16.7. The fourth-order valence-electron chi connectivity index (χ4n) is 2.83. The third kappa shape index (κ3) is 4.40. The Labute approximate surface area is 171 Å². The molecule has 0 radical (unpaired) electrons. The van der Waals surface area contributed by atoms with Crippen LogP contribution in [0.5, 0.6) is 0 Å². The van der Waals surface area contributed by atoms with Crippen molar-refractivity contribution >= 4 is 45.3 Å². The van der Waals surface area contributed by atoms with Gasteiger partial charge in [0.05, 0.1) is 53.4 Å². The quantitative estimate of drug-likeness (QED) is 0.469. The van der Waals surface area contributed by atoms with E-state index in [1.165, 1.54) is 0 Å². The lowest BCUT2D eigenvalue weighted by Crippen LogP contribution is -2.24. The smallest absolute Gasteiger partial charge is 0.340 e. The molecule has 0 bridgehead atoms. The zero-order chi connectivity index (χ0) is 21.6. The minimum absolute atomic E-state index is 0.000220. The molecule has 8 nitrogen and oxygen atoms in total. The number of thiophene rings is 1. The Morgan fingerprint density at radius 1 is 0.655 bits per heavy atom. The van der Waals surface area contributed by atoms with Gasteiger partial charge in [-0.25, -0.2) is 19.2 Å². The molecule has 0 aliphatic carbocycles. The summed E-state index contributed by atoms with van der Waals surface area (Å²) >= 11 is 1.13. The Balaban J connectivity index is 3.02. The first-order valence-corrected chi connectivity index (χ1v) is 10.1. The van der Waals surface area contributed by atoms with Crippen LogP contribution in [-0.2, 0) is 18.9 Å². The molecule has 29 heavy (non-hydrogen) atoms. The van der Waals surface area contributed by atoms with Crippen LogP contribution in [0.2, 0.25) is 0 Å². The molecule has 0 aliphatic rings. The second-order valence-electron chi connectivity index (χ2n) is 5.55. The normalized spacial score (nSPS) is 10.5. The number of carbonyl (C=O) groups is 4. The largest absolute Gasteiger partial charge is 0.462 e. The van der Waals surface area contributed by atoms with E-state index in [4.69, 9.17) is 18.9 Å². The van der Waals surface area contributed by atoms with Crippen LogP contribution in [0.4, 0.5) is 0 Å². The summed E-state index contributed by atoms with van der Waals surface area (Å²) < 4.78 is 20.7. The van der Waals surface area contributed by atoms with Crippen molar-refractivity contribution in [3.05, 3.63) is 33.7 Å². The average molecular weight is 422 g/mol. The van der Waals surface area contributed by atoms with E-state index < -0.39 is 23.9 Å². The molecule has 0 N–H and O–H groups in total. The van der Waals surface area contributed by atoms with Gasteiger partial charge in [0, 0.05) is 5.39 Å². The molecule has 0 atom stereocenters.